The smallest absolute Gasteiger partial charge is 0.195 e. The van der Waals surface area contributed by atoms with Crippen LogP contribution in [0.25, 0.3) is 86.9 Å². The van der Waals surface area contributed by atoms with Crippen molar-refractivity contribution in [2.24, 2.45) is 0 Å². The molecule has 5 heteroatoms. The SMILES string of the molecule is [C-]#[N+]c1cc(-c2cccc([N+]#[C-])c2-c2ccccc2-n2c3ccccc3c3cc(C#N)ccc32)cc(-n2c3ccccc3c3ccccc32)c1. The van der Waals surface area contributed by atoms with Crippen molar-refractivity contribution in [3.05, 3.63) is 180 Å². The van der Waals surface area contributed by atoms with E-state index in [9.17, 15) is 5.26 Å². The molecule has 2 aromatic heterocycles. The number of nitriles is 1. The number of hydrogen-bond donors (Lipinski definition) is 0. The van der Waals surface area contributed by atoms with Crippen LogP contribution in [-0.4, -0.2) is 9.13 Å². The molecule has 0 aliphatic heterocycles. The summed E-state index contributed by atoms with van der Waals surface area (Å²) >= 11 is 0. The van der Waals surface area contributed by atoms with Crippen LogP contribution in [0, 0.1) is 24.5 Å². The monoisotopic (exact) mass is 635 g/mol. The van der Waals surface area contributed by atoms with E-state index in [0.29, 0.717) is 16.9 Å². The van der Waals surface area contributed by atoms with Crippen LogP contribution in [0.15, 0.2) is 152 Å². The van der Waals surface area contributed by atoms with Crippen molar-refractivity contribution in [2.45, 2.75) is 0 Å². The van der Waals surface area contributed by atoms with Crippen molar-refractivity contribution in [3.8, 4) is 39.7 Å². The molecule has 0 fully saturated rings. The Morgan fingerprint density at radius 3 is 1.78 bits per heavy atom. The van der Waals surface area contributed by atoms with Crippen LogP contribution in [0.4, 0.5) is 11.4 Å². The summed E-state index contributed by atoms with van der Waals surface area (Å²) in [5, 5.41) is 14.0. The summed E-state index contributed by atoms with van der Waals surface area (Å²) < 4.78 is 4.45. The Bertz CT molecular complexity index is 2920. The molecular weight excluding hydrogens is 611 g/mol. The average molecular weight is 636 g/mol. The lowest BCUT2D eigenvalue weighted by molar-refractivity contribution is 1.18. The summed E-state index contributed by atoms with van der Waals surface area (Å²) in [5.41, 5.74) is 11.0. The molecule has 5 nitrogen and oxygen atoms in total. The maximum Gasteiger partial charge on any atom is 0.195 e. The second-order valence-corrected chi connectivity index (χ2v) is 12.2. The summed E-state index contributed by atoms with van der Waals surface area (Å²) in [6.07, 6.45) is 0. The fourth-order valence-corrected chi connectivity index (χ4v) is 7.48. The molecular formula is C45H25N5. The van der Waals surface area contributed by atoms with E-state index in [4.69, 9.17) is 13.1 Å². The number of benzene rings is 7. The number of rotatable bonds is 4. The molecule has 2 heterocycles. The molecule has 9 rings (SSSR count). The quantitative estimate of drug-likeness (QED) is 0.177. The van der Waals surface area contributed by atoms with E-state index in [2.05, 4.69) is 91.6 Å². The maximum absolute atomic E-state index is 9.70. The van der Waals surface area contributed by atoms with Gasteiger partial charge < -0.3 is 9.13 Å². The van der Waals surface area contributed by atoms with Crippen molar-refractivity contribution < 1.29 is 0 Å². The summed E-state index contributed by atoms with van der Waals surface area (Å²) in [5.74, 6) is 0. The highest BCUT2D eigenvalue weighted by molar-refractivity contribution is 6.11. The first-order valence-corrected chi connectivity index (χ1v) is 16.2. The minimum absolute atomic E-state index is 0.516. The van der Waals surface area contributed by atoms with Crippen LogP contribution in [0.5, 0.6) is 0 Å². The van der Waals surface area contributed by atoms with E-state index in [1.54, 1.807) is 0 Å². The third-order valence-electron chi connectivity index (χ3n) is 9.56. The average Bonchev–Trinajstić information content (AvgIpc) is 3.70. The zero-order chi connectivity index (χ0) is 33.8. The highest BCUT2D eigenvalue weighted by Gasteiger charge is 2.21. The van der Waals surface area contributed by atoms with Gasteiger partial charge in [0.15, 0.2) is 11.4 Å². The largest absolute Gasteiger partial charge is 0.310 e. The molecule has 9 aromatic rings. The number of aromatic nitrogens is 2. The lowest BCUT2D eigenvalue weighted by Gasteiger charge is -2.19. The van der Waals surface area contributed by atoms with Gasteiger partial charge in [-0.1, -0.05) is 91.0 Å². The zero-order valence-electron chi connectivity index (χ0n) is 26.7. The van der Waals surface area contributed by atoms with Gasteiger partial charge in [0.25, 0.3) is 0 Å². The molecule has 0 unspecified atom stereocenters. The fourth-order valence-electron chi connectivity index (χ4n) is 7.48. The van der Waals surface area contributed by atoms with Crippen LogP contribution in [-0.2, 0) is 0 Å². The van der Waals surface area contributed by atoms with Crippen molar-refractivity contribution in [1.82, 2.24) is 9.13 Å². The normalized spacial score (nSPS) is 11.1. The summed E-state index contributed by atoms with van der Waals surface area (Å²) in [6.45, 7) is 16.4. The molecule has 0 bridgehead atoms. The molecule has 0 saturated carbocycles. The Hall–Kier alpha value is -7.39. The molecule has 0 aliphatic carbocycles. The van der Waals surface area contributed by atoms with Crippen molar-refractivity contribution in [1.29, 1.82) is 5.26 Å². The Balaban J connectivity index is 1.33. The third-order valence-corrected chi connectivity index (χ3v) is 9.56. The first kappa shape index (κ1) is 28.8. The minimum Gasteiger partial charge on any atom is -0.310 e. The molecule has 0 atom stereocenters. The Labute approximate surface area is 288 Å². The van der Waals surface area contributed by atoms with Gasteiger partial charge in [-0.3, -0.25) is 0 Å². The molecule has 0 saturated heterocycles. The Morgan fingerprint density at radius 1 is 0.500 bits per heavy atom. The molecule has 0 aliphatic rings. The second kappa shape index (κ2) is 11.4. The number of para-hydroxylation sites is 4. The number of hydrogen-bond acceptors (Lipinski definition) is 1. The van der Waals surface area contributed by atoms with Gasteiger partial charge in [0.05, 0.1) is 52.5 Å². The van der Waals surface area contributed by atoms with E-state index < -0.39 is 0 Å². The summed E-state index contributed by atoms with van der Waals surface area (Å²) in [6, 6.07) is 53.0. The van der Waals surface area contributed by atoms with Gasteiger partial charge >= 0.3 is 0 Å². The van der Waals surface area contributed by atoms with E-state index in [-0.39, 0.29) is 0 Å². The minimum atomic E-state index is 0.516. The molecule has 0 amide bonds. The fraction of sp³-hybridized carbons (Fsp3) is 0. The van der Waals surface area contributed by atoms with E-state index in [1.165, 1.54) is 0 Å². The Morgan fingerprint density at radius 2 is 1.10 bits per heavy atom. The van der Waals surface area contributed by atoms with Gasteiger partial charge in [0.1, 0.15) is 0 Å². The van der Waals surface area contributed by atoms with E-state index >= 15 is 0 Å². The summed E-state index contributed by atoms with van der Waals surface area (Å²) in [4.78, 5) is 7.96. The predicted molar refractivity (Wildman–Crippen MR) is 203 cm³/mol. The molecule has 50 heavy (non-hydrogen) atoms. The van der Waals surface area contributed by atoms with Gasteiger partial charge in [0.2, 0.25) is 0 Å². The number of fused-ring (bicyclic) bond motifs is 6. The molecule has 0 spiro atoms. The van der Waals surface area contributed by atoms with Crippen LogP contribution in [0.1, 0.15) is 5.56 Å². The highest BCUT2D eigenvalue weighted by atomic mass is 15.0. The van der Waals surface area contributed by atoms with Gasteiger partial charge in [-0.05, 0) is 82.9 Å². The van der Waals surface area contributed by atoms with Gasteiger partial charge in [-0.2, -0.15) is 5.26 Å². The van der Waals surface area contributed by atoms with Gasteiger partial charge in [-0.15, -0.1) is 0 Å². The lowest BCUT2D eigenvalue weighted by atomic mass is 9.91. The van der Waals surface area contributed by atoms with Crippen molar-refractivity contribution in [3.63, 3.8) is 0 Å². The summed E-state index contributed by atoms with van der Waals surface area (Å²) in [7, 11) is 0. The van der Waals surface area contributed by atoms with Crippen molar-refractivity contribution in [2.75, 3.05) is 0 Å². The topological polar surface area (TPSA) is 42.4 Å². The van der Waals surface area contributed by atoms with E-state index in [1.807, 2.05) is 84.9 Å². The van der Waals surface area contributed by atoms with Crippen molar-refractivity contribution >= 4 is 55.0 Å². The predicted octanol–water partition coefficient (Wildman–Crippen LogP) is 12.2. The standard InChI is InChI=1S/C45H25N5/c1-47-31-25-30(26-32(27-31)49-40-18-7-3-12-34(40)35-13-4-8-19-41(35)49)33-16-11-17-39(48-2)45(33)37-15-6-10-21-43(37)50-42-20-9-5-14-36(42)38-24-29(28-46)22-23-44(38)50/h3-27H. The van der Waals surface area contributed by atoms with Crippen LogP contribution >= 0.6 is 0 Å². The first-order chi connectivity index (χ1) is 24.7. The second-order valence-electron chi connectivity index (χ2n) is 12.2. The van der Waals surface area contributed by atoms with Crippen LogP contribution in [0.2, 0.25) is 0 Å². The van der Waals surface area contributed by atoms with Crippen LogP contribution < -0.4 is 0 Å². The zero-order valence-corrected chi connectivity index (χ0v) is 26.7. The molecule has 0 N–H and O–H groups in total. The maximum atomic E-state index is 9.70. The molecule has 7 aromatic carbocycles. The highest BCUT2D eigenvalue weighted by Crippen LogP contribution is 2.45. The van der Waals surface area contributed by atoms with Gasteiger partial charge in [-0.25, -0.2) is 9.69 Å². The first-order valence-electron chi connectivity index (χ1n) is 16.2. The Kier molecular flexibility index (Phi) is 6.56. The van der Waals surface area contributed by atoms with Crippen LogP contribution in [0.3, 0.4) is 0 Å². The van der Waals surface area contributed by atoms with Gasteiger partial charge in [0, 0.05) is 27.2 Å². The molecule has 230 valence electrons. The van der Waals surface area contributed by atoms with E-state index in [0.717, 1.165) is 77.2 Å². The third kappa shape index (κ3) is 4.31. The molecule has 0 radical (unpaired) electrons. The number of nitrogens with zero attached hydrogens (tertiary/aromatic N) is 5. The lowest BCUT2D eigenvalue weighted by Crippen LogP contribution is -1.99.